The van der Waals surface area contributed by atoms with E-state index in [9.17, 15) is 0 Å². The molecule has 7 nitrogen and oxygen atoms in total. The highest BCUT2D eigenvalue weighted by atomic mass is 32.1. The number of aromatic nitrogens is 6. The Kier molecular flexibility index (Phi) is 10.7. The molecule has 3 aromatic rings. The Balaban J connectivity index is 0.000000285. The Labute approximate surface area is 236 Å². The van der Waals surface area contributed by atoms with Gasteiger partial charge in [0.15, 0.2) is 5.76 Å². The molecule has 0 spiro atoms. The Morgan fingerprint density at radius 2 is 1.29 bits per heavy atom. The summed E-state index contributed by atoms with van der Waals surface area (Å²) in [4.78, 5) is 1.43. The fraction of sp³-hybridized carbons (Fsp3) is 0.767. The molecule has 0 radical (unpaired) electrons. The maximum absolute atomic E-state index is 5.19. The lowest BCUT2D eigenvalue weighted by atomic mass is 9.83. The van der Waals surface area contributed by atoms with Gasteiger partial charge in [0.05, 0.1) is 0 Å². The first-order valence-corrected chi connectivity index (χ1v) is 14.3. The molecule has 3 rings (SSSR count). The van der Waals surface area contributed by atoms with Crippen molar-refractivity contribution in [2.45, 2.75) is 151 Å². The number of rotatable bonds is 1. The fourth-order valence-electron chi connectivity index (χ4n) is 3.64. The van der Waals surface area contributed by atoms with Crippen LogP contribution >= 0.6 is 11.5 Å². The van der Waals surface area contributed by atoms with Gasteiger partial charge in [-0.2, -0.15) is 0 Å². The van der Waals surface area contributed by atoms with Gasteiger partial charge >= 0.3 is 0 Å². The zero-order chi connectivity index (χ0) is 29.9. The number of hydrogen-bond acceptors (Lipinski definition) is 7. The number of hydrogen-bond donors (Lipinski definition) is 0. The Morgan fingerprint density at radius 3 is 1.61 bits per heavy atom. The van der Waals surface area contributed by atoms with Gasteiger partial charge in [-0.15, -0.1) is 15.3 Å². The van der Waals surface area contributed by atoms with E-state index < -0.39 is 0 Å². The lowest BCUT2D eigenvalue weighted by Gasteiger charge is -2.27. The second kappa shape index (κ2) is 12.0. The van der Waals surface area contributed by atoms with E-state index in [0.29, 0.717) is 5.92 Å². The molecule has 0 N–H and O–H groups in total. The molecular weight excluding hydrogens is 492 g/mol. The first kappa shape index (κ1) is 33.9. The minimum Gasteiger partial charge on any atom is -0.341 e. The van der Waals surface area contributed by atoms with E-state index in [1.165, 1.54) is 10.4 Å². The Bertz CT molecular complexity index is 1000. The third-order valence-corrected chi connectivity index (χ3v) is 6.85. The molecule has 0 fully saturated rings. The Morgan fingerprint density at radius 1 is 0.737 bits per heavy atom. The SMILES string of the molecule is CC(C)(C)c1nncn1C(C)(C)C.CC(C)(C)c1nnoc1C(C)(C)C.CC(C)c1sncc1C(C)(C)C. The van der Waals surface area contributed by atoms with E-state index >= 15 is 0 Å². The molecule has 0 aliphatic carbocycles. The zero-order valence-corrected chi connectivity index (χ0v) is 28.0. The van der Waals surface area contributed by atoms with E-state index in [-0.39, 0.29) is 27.2 Å². The molecule has 0 saturated heterocycles. The molecule has 0 atom stereocenters. The second-order valence-electron chi connectivity index (χ2n) is 15.4. The maximum atomic E-state index is 5.19. The van der Waals surface area contributed by atoms with Gasteiger partial charge in [0.1, 0.15) is 17.8 Å². The summed E-state index contributed by atoms with van der Waals surface area (Å²) in [6.07, 6.45) is 3.82. The summed E-state index contributed by atoms with van der Waals surface area (Å²) in [5.41, 5.74) is 2.71. The summed E-state index contributed by atoms with van der Waals surface area (Å²) in [7, 11) is 0. The van der Waals surface area contributed by atoms with E-state index in [2.05, 4.69) is 147 Å². The van der Waals surface area contributed by atoms with Crippen molar-refractivity contribution in [2.24, 2.45) is 0 Å². The van der Waals surface area contributed by atoms with Crippen molar-refractivity contribution in [3.63, 3.8) is 0 Å². The van der Waals surface area contributed by atoms with Crippen molar-refractivity contribution in [2.75, 3.05) is 0 Å². The smallest absolute Gasteiger partial charge is 0.166 e. The highest BCUT2D eigenvalue weighted by molar-refractivity contribution is 7.06. The predicted molar refractivity (Wildman–Crippen MR) is 160 cm³/mol. The third kappa shape index (κ3) is 9.58. The molecule has 0 bridgehead atoms. The van der Waals surface area contributed by atoms with Crippen LogP contribution in [0.2, 0.25) is 0 Å². The van der Waals surface area contributed by atoms with Gasteiger partial charge < -0.3 is 9.09 Å². The monoisotopic (exact) mass is 546 g/mol. The molecule has 216 valence electrons. The molecule has 0 unspecified atom stereocenters. The molecule has 3 heterocycles. The van der Waals surface area contributed by atoms with Crippen LogP contribution < -0.4 is 0 Å². The van der Waals surface area contributed by atoms with Gasteiger partial charge in [-0.05, 0) is 49.2 Å². The minimum atomic E-state index is -0.0217. The lowest BCUT2D eigenvalue weighted by Crippen LogP contribution is -2.29. The first-order valence-electron chi connectivity index (χ1n) is 13.6. The summed E-state index contributed by atoms with van der Waals surface area (Å²) in [6.45, 7) is 36.7. The summed E-state index contributed by atoms with van der Waals surface area (Å²) in [6, 6.07) is 0. The fourth-order valence-corrected chi connectivity index (χ4v) is 4.58. The van der Waals surface area contributed by atoms with Gasteiger partial charge in [-0.1, -0.05) is 96.9 Å². The topological polar surface area (TPSA) is 82.5 Å². The van der Waals surface area contributed by atoms with Gasteiger partial charge in [-0.25, -0.2) is 4.37 Å². The molecular formula is C30H54N6OS. The average Bonchev–Trinajstić information content (AvgIpc) is 3.46. The highest BCUT2D eigenvalue weighted by Gasteiger charge is 2.31. The van der Waals surface area contributed by atoms with Crippen LogP contribution in [0.1, 0.15) is 151 Å². The van der Waals surface area contributed by atoms with Crippen LogP contribution in [0.5, 0.6) is 0 Å². The van der Waals surface area contributed by atoms with Gasteiger partial charge in [0.25, 0.3) is 0 Å². The molecule has 0 aliphatic rings. The quantitative estimate of drug-likeness (QED) is 0.304. The van der Waals surface area contributed by atoms with Crippen molar-refractivity contribution in [3.8, 4) is 0 Å². The highest BCUT2D eigenvalue weighted by Crippen LogP contribution is 2.33. The summed E-state index contributed by atoms with van der Waals surface area (Å²) in [5.74, 6) is 2.53. The average molecular weight is 547 g/mol. The van der Waals surface area contributed by atoms with E-state index in [4.69, 9.17) is 4.52 Å². The van der Waals surface area contributed by atoms with Crippen LogP contribution in [0.4, 0.5) is 0 Å². The summed E-state index contributed by atoms with van der Waals surface area (Å²) < 4.78 is 11.6. The van der Waals surface area contributed by atoms with E-state index in [0.717, 1.165) is 17.3 Å². The zero-order valence-electron chi connectivity index (χ0n) is 27.2. The van der Waals surface area contributed by atoms with Crippen molar-refractivity contribution >= 4 is 11.5 Å². The third-order valence-electron chi connectivity index (χ3n) is 5.75. The normalized spacial score (nSPS) is 13.1. The van der Waals surface area contributed by atoms with Crippen LogP contribution in [0.25, 0.3) is 0 Å². The van der Waals surface area contributed by atoms with E-state index in [1.54, 1.807) is 17.9 Å². The Hall–Kier alpha value is -2.09. The van der Waals surface area contributed by atoms with Crippen molar-refractivity contribution < 1.29 is 4.52 Å². The number of nitrogens with zero attached hydrogens (tertiary/aromatic N) is 6. The summed E-state index contributed by atoms with van der Waals surface area (Å²) >= 11 is 1.63. The maximum Gasteiger partial charge on any atom is 0.166 e. The van der Waals surface area contributed by atoms with Crippen molar-refractivity contribution in [1.82, 2.24) is 29.5 Å². The van der Waals surface area contributed by atoms with Crippen LogP contribution in [0.15, 0.2) is 17.0 Å². The molecule has 0 saturated carbocycles. The molecule has 3 aromatic heterocycles. The minimum absolute atomic E-state index is 0.00259. The van der Waals surface area contributed by atoms with Crippen LogP contribution in [-0.2, 0) is 27.2 Å². The first-order chi connectivity index (χ1) is 16.9. The van der Waals surface area contributed by atoms with Gasteiger partial charge in [0, 0.05) is 38.1 Å². The molecule has 0 amide bonds. The van der Waals surface area contributed by atoms with Crippen molar-refractivity contribution in [3.05, 3.63) is 40.2 Å². The van der Waals surface area contributed by atoms with E-state index in [1.807, 2.05) is 6.20 Å². The lowest BCUT2D eigenvalue weighted by molar-refractivity contribution is 0.313. The molecule has 0 aliphatic heterocycles. The van der Waals surface area contributed by atoms with Gasteiger partial charge in [-0.3, -0.25) is 0 Å². The van der Waals surface area contributed by atoms with Crippen LogP contribution in [0.3, 0.4) is 0 Å². The summed E-state index contributed by atoms with van der Waals surface area (Å²) in [5, 5.41) is 15.8. The molecule has 8 heteroatoms. The second-order valence-corrected chi connectivity index (χ2v) is 16.2. The van der Waals surface area contributed by atoms with Crippen molar-refractivity contribution in [1.29, 1.82) is 0 Å². The standard InChI is InChI=1S/C10H19N3.C10H18N2O.C10H17NS/c1-9(2,3)8-12-11-7-13(8)10(4,5)6;1-9(2,3)7-8(10(4,5)6)13-12-11-7;1-7(2)9-8(6-11-12-9)10(3,4)5/h7H,1-6H3;1-6H3;6-7H,1-5H3. The predicted octanol–water partition coefficient (Wildman–Crippen LogP) is 8.56. The van der Waals surface area contributed by atoms with Gasteiger partial charge in [0.2, 0.25) is 0 Å². The largest absolute Gasteiger partial charge is 0.341 e. The van der Waals surface area contributed by atoms with Crippen LogP contribution in [-0.4, -0.2) is 29.5 Å². The molecule has 0 aromatic carbocycles. The van der Waals surface area contributed by atoms with Crippen LogP contribution in [0, 0.1) is 0 Å². The molecule has 38 heavy (non-hydrogen) atoms.